The number of ether oxygens (including phenoxy) is 1. The lowest BCUT2D eigenvalue weighted by Gasteiger charge is -2.09. The van der Waals surface area contributed by atoms with Crippen molar-refractivity contribution >= 4 is 11.9 Å². The molecule has 0 unspecified atom stereocenters. The van der Waals surface area contributed by atoms with Crippen molar-refractivity contribution in [1.29, 1.82) is 0 Å². The van der Waals surface area contributed by atoms with Gasteiger partial charge in [-0.05, 0) is 35.7 Å². The van der Waals surface area contributed by atoms with E-state index in [1.54, 1.807) is 6.07 Å². The summed E-state index contributed by atoms with van der Waals surface area (Å²) in [7, 11) is 0. The molecule has 0 fully saturated rings. The number of amides is 1. The van der Waals surface area contributed by atoms with Crippen LogP contribution in [0.25, 0.3) is 11.1 Å². The van der Waals surface area contributed by atoms with Gasteiger partial charge in [-0.3, -0.25) is 9.59 Å². The van der Waals surface area contributed by atoms with Crippen LogP contribution in [-0.4, -0.2) is 18.4 Å². The maximum atomic E-state index is 14.4. The van der Waals surface area contributed by atoms with Crippen molar-refractivity contribution in [2.45, 2.75) is 13.5 Å². The summed E-state index contributed by atoms with van der Waals surface area (Å²) < 4.78 is 19.5. The van der Waals surface area contributed by atoms with Crippen molar-refractivity contribution < 1.29 is 18.7 Å². The van der Waals surface area contributed by atoms with E-state index in [1.807, 2.05) is 61.5 Å². The predicted octanol–water partition coefficient (Wildman–Crippen LogP) is 4.27. The first kappa shape index (κ1) is 19.3. The van der Waals surface area contributed by atoms with E-state index in [2.05, 4.69) is 5.32 Å². The van der Waals surface area contributed by atoms with Gasteiger partial charge in [-0.1, -0.05) is 66.2 Å². The molecular weight excluding hydrogens is 357 g/mol. The highest BCUT2D eigenvalue weighted by Gasteiger charge is 2.14. The fourth-order valence-electron chi connectivity index (χ4n) is 2.66. The lowest BCUT2D eigenvalue weighted by atomic mass is 10.0. The van der Waals surface area contributed by atoms with Gasteiger partial charge < -0.3 is 10.1 Å². The van der Waals surface area contributed by atoms with Crippen molar-refractivity contribution in [3.63, 3.8) is 0 Å². The Hall–Kier alpha value is -3.47. The molecule has 0 atom stereocenters. The molecule has 0 aromatic heterocycles. The molecule has 0 saturated heterocycles. The van der Waals surface area contributed by atoms with Crippen molar-refractivity contribution in [3.8, 4) is 11.1 Å². The van der Waals surface area contributed by atoms with Gasteiger partial charge in [-0.15, -0.1) is 0 Å². The van der Waals surface area contributed by atoms with Crippen LogP contribution in [0.3, 0.4) is 0 Å². The minimum absolute atomic E-state index is 0.119. The van der Waals surface area contributed by atoms with Gasteiger partial charge in [0.25, 0.3) is 5.91 Å². The molecule has 1 amide bonds. The van der Waals surface area contributed by atoms with Gasteiger partial charge in [0.1, 0.15) is 19.0 Å². The largest absolute Gasteiger partial charge is 0.460 e. The Morgan fingerprint density at radius 2 is 1.61 bits per heavy atom. The molecule has 0 saturated carbocycles. The Labute approximate surface area is 163 Å². The molecule has 1 N–H and O–H groups in total. The predicted molar refractivity (Wildman–Crippen MR) is 105 cm³/mol. The third-order valence-corrected chi connectivity index (χ3v) is 4.23. The smallest absolute Gasteiger partial charge is 0.325 e. The normalized spacial score (nSPS) is 10.4. The number of benzene rings is 3. The maximum Gasteiger partial charge on any atom is 0.325 e. The lowest BCUT2D eigenvalue weighted by molar-refractivity contribution is -0.143. The van der Waals surface area contributed by atoms with Gasteiger partial charge in [-0.2, -0.15) is 0 Å². The van der Waals surface area contributed by atoms with Gasteiger partial charge >= 0.3 is 5.97 Å². The fraction of sp³-hybridized carbons (Fsp3) is 0.130. The molecule has 142 valence electrons. The summed E-state index contributed by atoms with van der Waals surface area (Å²) in [4.78, 5) is 24.0. The molecule has 5 heteroatoms. The third kappa shape index (κ3) is 5.04. The monoisotopic (exact) mass is 377 g/mol. The Bertz CT molecular complexity index is 969. The van der Waals surface area contributed by atoms with Crippen molar-refractivity contribution in [3.05, 3.63) is 95.3 Å². The topological polar surface area (TPSA) is 55.4 Å². The summed E-state index contributed by atoms with van der Waals surface area (Å²) in [5.74, 6) is -1.90. The highest BCUT2D eigenvalue weighted by Crippen LogP contribution is 2.22. The molecule has 28 heavy (non-hydrogen) atoms. The average molecular weight is 377 g/mol. The van der Waals surface area contributed by atoms with Gasteiger partial charge in [0.2, 0.25) is 0 Å². The van der Waals surface area contributed by atoms with Gasteiger partial charge in [0, 0.05) is 0 Å². The molecule has 3 aromatic rings. The van der Waals surface area contributed by atoms with Crippen LogP contribution in [0.5, 0.6) is 0 Å². The van der Waals surface area contributed by atoms with Crippen LogP contribution in [0.2, 0.25) is 0 Å². The molecule has 0 heterocycles. The molecule has 0 bridgehead atoms. The van der Waals surface area contributed by atoms with Gasteiger partial charge in [0.05, 0.1) is 5.56 Å². The van der Waals surface area contributed by atoms with Crippen LogP contribution < -0.4 is 5.32 Å². The zero-order valence-electron chi connectivity index (χ0n) is 15.4. The minimum Gasteiger partial charge on any atom is -0.460 e. The lowest BCUT2D eigenvalue weighted by Crippen LogP contribution is -2.31. The van der Waals surface area contributed by atoms with E-state index in [0.29, 0.717) is 5.56 Å². The molecule has 3 aromatic carbocycles. The van der Waals surface area contributed by atoms with Crippen LogP contribution in [0.1, 0.15) is 21.5 Å². The van der Waals surface area contributed by atoms with Gasteiger partial charge in [-0.25, -0.2) is 4.39 Å². The summed E-state index contributed by atoms with van der Waals surface area (Å²) in [5, 5.41) is 2.39. The van der Waals surface area contributed by atoms with Crippen LogP contribution in [0.15, 0.2) is 72.8 Å². The third-order valence-electron chi connectivity index (χ3n) is 4.23. The van der Waals surface area contributed by atoms with E-state index in [1.165, 1.54) is 12.1 Å². The molecule has 0 aliphatic heterocycles. The van der Waals surface area contributed by atoms with Crippen molar-refractivity contribution in [1.82, 2.24) is 5.32 Å². The summed E-state index contributed by atoms with van der Waals surface area (Å²) in [6.45, 7) is 1.77. The highest BCUT2D eigenvalue weighted by atomic mass is 19.1. The molecule has 3 rings (SSSR count). The van der Waals surface area contributed by atoms with Crippen LogP contribution in [-0.2, 0) is 16.1 Å². The zero-order chi connectivity index (χ0) is 19.9. The number of rotatable bonds is 6. The summed E-state index contributed by atoms with van der Waals surface area (Å²) in [5.41, 5.74) is 3.38. The maximum absolute atomic E-state index is 14.4. The molecule has 0 aliphatic carbocycles. The van der Waals surface area contributed by atoms with E-state index >= 15 is 0 Å². The molecule has 4 nitrogen and oxygen atoms in total. The number of nitrogens with one attached hydrogen (secondary N) is 1. The van der Waals surface area contributed by atoms with E-state index < -0.39 is 17.7 Å². The second-order valence-corrected chi connectivity index (χ2v) is 6.39. The number of carbonyl (C=O) groups excluding carboxylic acids is 2. The highest BCUT2D eigenvalue weighted by molar-refractivity contribution is 5.96. The molecular formula is C23H20FNO3. The van der Waals surface area contributed by atoms with E-state index in [4.69, 9.17) is 4.74 Å². The number of hydrogen-bond donors (Lipinski definition) is 1. The number of aryl methyl sites for hydroxylation is 1. The number of esters is 1. The second-order valence-electron chi connectivity index (χ2n) is 6.39. The molecule has 0 spiro atoms. The first-order valence-electron chi connectivity index (χ1n) is 8.87. The first-order valence-corrected chi connectivity index (χ1v) is 8.87. The molecule has 0 radical (unpaired) electrons. The summed E-state index contributed by atoms with van der Waals surface area (Å²) >= 11 is 0. The van der Waals surface area contributed by atoms with Crippen LogP contribution in [0, 0.1) is 12.7 Å². The Morgan fingerprint density at radius 1 is 0.929 bits per heavy atom. The fourth-order valence-corrected chi connectivity index (χ4v) is 2.66. The van der Waals surface area contributed by atoms with Gasteiger partial charge in [0.15, 0.2) is 0 Å². The SMILES string of the molecule is Cc1ccc(-c2ccc(C(=O)NCC(=O)OCc3ccccc3)c(F)c2)cc1. The standard InChI is InChI=1S/C23H20FNO3/c1-16-7-9-18(10-8-16)19-11-12-20(21(24)13-19)23(27)25-14-22(26)28-15-17-5-3-2-4-6-17/h2-13H,14-15H2,1H3,(H,25,27). The second kappa shape index (κ2) is 8.95. The quantitative estimate of drug-likeness (QED) is 0.653. The summed E-state index contributed by atoms with van der Waals surface area (Å²) in [6.07, 6.45) is 0. The molecule has 0 aliphatic rings. The number of halogens is 1. The minimum atomic E-state index is -0.662. The zero-order valence-corrected chi connectivity index (χ0v) is 15.4. The van der Waals surface area contributed by atoms with Crippen molar-refractivity contribution in [2.75, 3.05) is 6.54 Å². The Balaban J connectivity index is 1.56. The van der Waals surface area contributed by atoms with Crippen molar-refractivity contribution in [2.24, 2.45) is 0 Å². The van der Waals surface area contributed by atoms with E-state index in [0.717, 1.165) is 16.7 Å². The van der Waals surface area contributed by atoms with Crippen LogP contribution in [0.4, 0.5) is 4.39 Å². The summed E-state index contributed by atoms with van der Waals surface area (Å²) in [6, 6.07) is 21.3. The Morgan fingerprint density at radius 3 is 2.29 bits per heavy atom. The van der Waals surface area contributed by atoms with Crippen LogP contribution >= 0.6 is 0 Å². The average Bonchev–Trinajstić information content (AvgIpc) is 2.71. The van der Waals surface area contributed by atoms with E-state index in [9.17, 15) is 14.0 Å². The number of carbonyl (C=O) groups is 2. The first-order chi connectivity index (χ1) is 13.5. The Kier molecular flexibility index (Phi) is 6.17. The van der Waals surface area contributed by atoms with E-state index in [-0.39, 0.29) is 18.7 Å². The number of hydrogen-bond acceptors (Lipinski definition) is 3.